The third kappa shape index (κ3) is 5.20. The second-order valence-corrected chi connectivity index (χ2v) is 9.35. The number of fused-ring (bicyclic) bond motifs is 1. The standard InChI is InChI=1S/C24H25NO4S2/c1-5-28-23(27)19-10-9-18(21(15-19)25-16(2)26)8-6-17-7-11-22-20(14-17)24(30-3,31-4)12-13-29-22/h7,9-11,14-15H,5,12-13H2,1-4H3,(H,25,26). The summed E-state index contributed by atoms with van der Waals surface area (Å²) in [6.45, 7) is 4.15. The molecule has 7 heteroatoms. The summed E-state index contributed by atoms with van der Waals surface area (Å²) < 4.78 is 10.9. The Hall–Kier alpha value is -2.56. The van der Waals surface area contributed by atoms with E-state index >= 15 is 0 Å². The second-order valence-electron chi connectivity index (χ2n) is 6.88. The van der Waals surface area contributed by atoms with Crippen molar-refractivity contribution in [2.75, 3.05) is 31.0 Å². The second kappa shape index (κ2) is 10.2. The number of nitrogens with one attached hydrogen (secondary N) is 1. The first-order valence-electron chi connectivity index (χ1n) is 9.91. The smallest absolute Gasteiger partial charge is 0.338 e. The predicted octanol–water partition coefficient (Wildman–Crippen LogP) is 4.88. The summed E-state index contributed by atoms with van der Waals surface area (Å²) in [7, 11) is 0. The van der Waals surface area contributed by atoms with Crippen molar-refractivity contribution in [1.82, 2.24) is 0 Å². The molecular weight excluding hydrogens is 430 g/mol. The van der Waals surface area contributed by atoms with E-state index in [0.29, 0.717) is 23.4 Å². The molecule has 0 fully saturated rings. The summed E-state index contributed by atoms with van der Waals surface area (Å²) in [5.74, 6) is 6.55. The predicted molar refractivity (Wildman–Crippen MR) is 128 cm³/mol. The SMILES string of the molecule is CCOC(=O)c1ccc(C#Cc2ccc3c(c2)C(SC)(SC)CCO3)c(NC(C)=O)c1. The van der Waals surface area contributed by atoms with E-state index in [2.05, 4.69) is 35.7 Å². The van der Waals surface area contributed by atoms with Crippen LogP contribution in [0.3, 0.4) is 0 Å². The molecule has 0 aromatic heterocycles. The van der Waals surface area contributed by atoms with E-state index in [1.54, 1.807) is 25.1 Å². The van der Waals surface area contributed by atoms with Crippen molar-refractivity contribution in [2.24, 2.45) is 0 Å². The van der Waals surface area contributed by atoms with Crippen LogP contribution in [0, 0.1) is 11.8 Å². The number of carbonyl (C=O) groups excluding carboxylic acids is 2. The lowest BCUT2D eigenvalue weighted by Gasteiger charge is -2.36. The lowest BCUT2D eigenvalue weighted by atomic mass is 10.0. The number of ether oxygens (including phenoxy) is 2. The maximum absolute atomic E-state index is 12.0. The Morgan fingerprint density at radius 2 is 1.94 bits per heavy atom. The summed E-state index contributed by atoms with van der Waals surface area (Å²) in [5, 5.41) is 2.75. The number of benzene rings is 2. The van der Waals surface area contributed by atoms with Gasteiger partial charge in [-0.2, -0.15) is 0 Å². The van der Waals surface area contributed by atoms with Crippen molar-refractivity contribution < 1.29 is 19.1 Å². The van der Waals surface area contributed by atoms with E-state index in [1.807, 2.05) is 35.7 Å². The van der Waals surface area contributed by atoms with Crippen LogP contribution in [0.5, 0.6) is 5.75 Å². The summed E-state index contributed by atoms with van der Waals surface area (Å²) in [6.07, 6.45) is 5.17. The molecular formula is C24H25NO4S2. The highest BCUT2D eigenvalue weighted by Gasteiger charge is 2.36. The Labute approximate surface area is 191 Å². The van der Waals surface area contributed by atoms with Crippen molar-refractivity contribution >= 4 is 41.1 Å². The van der Waals surface area contributed by atoms with E-state index < -0.39 is 5.97 Å². The van der Waals surface area contributed by atoms with Gasteiger partial charge < -0.3 is 14.8 Å². The molecule has 0 unspecified atom stereocenters. The van der Waals surface area contributed by atoms with Crippen molar-refractivity contribution in [1.29, 1.82) is 0 Å². The lowest BCUT2D eigenvalue weighted by Crippen LogP contribution is -2.26. The average Bonchev–Trinajstić information content (AvgIpc) is 2.77. The van der Waals surface area contributed by atoms with E-state index in [-0.39, 0.29) is 16.6 Å². The molecule has 1 heterocycles. The molecule has 31 heavy (non-hydrogen) atoms. The topological polar surface area (TPSA) is 64.6 Å². The van der Waals surface area contributed by atoms with Gasteiger partial charge in [-0.05, 0) is 55.8 Å². The molecule has 1 N–H and O–H groups in total. The quantitative estimate of drug-likeness (QED) is 0.394. The molecule has 0 radical (unpaired) electrons. The highest BCUT2D eigenvalue weighted by atomic mass is 32.2. The Bertz CT molecular complexity index is 1050. The molecule has 1 amide bonds. The normalized spacial score (nSPS) is 13.8. The minimum absolute atomic E-state index is 0.0477. The van der Waals surface area contributed by atoms with Gasteiger partial charge in [0.2, 0.25) is 5.91 Å². The molecule has 0 saturated carbocycles. The minimum Gasteiger partial charge on any atom is -0.493 e. The molecule has 2 aromatic rings. The van der Waals surface area contributed by atoms with Gasteiger partial charge in [0.25, 0.3) is 0 Å². The highest BCUT2D eigenvalue weighted by molar-refractivity contribution is 8.16. The van der Waals surface area contributed by atoms with E-state index in [0.717, 1.165) is 23.3 Å². The number of esters is 1. The van der Waals surface area contributed by atoms with Crippen LogP contribution in [-0.2, 0) is 13.6 Å². The summed E-state index contributed by atoms with van der Waals surface area (Å²) in [5.41, 5.74) is 3.48. The maximum atomic E-state index is 12.0. The molecule has 1 aliphatic heterocycles. The fourth-order valence-electron chi connectivity index (χ4n) is 3.40. The van der Waals surface area contributed by atoms with Crippen LogP contribution in [0.1, 0.15) is 47.3 Å². The van der Waals surface area contributed by atoms with Crippen molar-refractivity contribution in [3.05, 3.63) is 58.7 Å². The Kier molecular flexibility index (Phi) is 7.58. The van der Waals surface area contributed by atoms with E-state index in [4.69, 9.17) is 9.47 Å². The summed E-state index contributed by atoms with van der Waals surface area (Å²) in [4.78, 5) is 23.7. The number of anilines is 1. The number of rotatable bonds is 5. The zero-order valence-electron chi connectivity index (χ0n) is 18.0. The Morgan fingerprint density at radius 3 is 2.61 bits per heavy atom. The van der Waals surface area contributed by atoms with Crippen LogP contribution in [-0.4, -0.2) is 37.6 Å². The number of thioether (sulfide) groups is 2. The monoisotopic (exact) mass is 455 g/mol. The first kappa shape index (κ1) is 23.1. The Morgan fingerprint density at radius 1 is 1.16 bits per heavy atom. The maximum Gasteiger partial charge on any atom is 0.338 e. The van der Waals surface area contributed by atoms with Crippen molar-refractivity contribution in [3.8, 4) is 17.6 Å². The minimum atomic E-state index is -0.436. The fourth-order valence-corrected chi connectivity index (χ4v) is 5.40. The van der Waals surface area contributed by atoms with Gasteiger partial charge in [-0.1, -0.05) is 11.8 Å². The van der Waals surface area contributed by atoms with Crippen LogP contribution in [0.25, 0.3) is 0 Å². The largest absolute Gasteiger partial charge is 0.493 e. The van der Waals surface area contributed by atoms with Gasteiger partial charge in [0.15, 0.2) is 0 Å². The van der Waals surface area contributed by atoms with E-state index in [9.17, 15) is 9.59 Å². The molecule has 0 atom stereocenters. The third-order valence-electron chi connectivity index (χ3n) is 4.92. The van der Waals surface area contributed by atoms with Crippen LogP contribution in [0.15, 0.2) is 36.4 Å². The van der Waals surface area contributed by atoms with Gasteiger partial charge >= 0.3 is 5.97 Å². The molecule has 1 aliphatic rings. The van der Waals surface area contributed by atoms with Crippen molar-refractivity contribution in [2.45, 2.75) is 24.3 Å². The zero-order valence-corrected chi connectivity index (χ0v) is 19.7. The van der Waals surface area contributed by atoms with Crippen LogP contribution >= 0.6 is 23.5 Å². The summed E-state index contributed by atoms with van der Waals surface area (Å²) >= 11 is 3.64. The Balaban J connectivity index is 1.98. The van der Waals surface area contributed by atoms with Crippen molar-refractivity contribution in [3.63, 3.8) is 0 Å². The van der Waals surface area contributed by atoms with Gasteiger partial charge in [-0.25, -0.2) is 4.79 Å². The third-order valence-corrected chi connectivity index (χ3v) is 8.09. The van der Waals surface area contributed by atoms with E-state index in [1.165, 1.54) is 6.92 Å². The molecule has 162 valence electrons. The number of hydrogen-bond acceptors (Lipinski definition) is 6. The number of carbonyl (C=O) groups is 2. The molecule has 0 saturated heterocycles. The van der Waals surface area contributed by atoms with Gasteiger partial charge in [0.05, 0.1) is 28.5 Å². The number of hydrogen-bond donors (Lipinski definition) is 1. The van der Waals surface area contributed by atoms with Crippen LogP contribution in [0.4, 0.5) is 5.69 Å². The molecule has 0 bridgehead atoms. The first-order chi connectivity index (χ1) is 14.9. The van der Waals surface area contributed by atoms with Crippen LogP contribution < -0.4 is 10.1 Å². The van der Waals surface area contributed by atoms with Crippen LogP contribution in [0.2, 0.25) is 0 Å². The average molecular weight is 456 g/mol. The van der Waals surface area contributed by atoms with Gasteiger partial charge in [0.1, 0.15) is 5.75 Å². The highest BCUT2D eigenvalue weighted by Crippen LogP contribution is 2.52. The number of amides is 1. The molecule has 2 aromatic carbocycles. The molecule has 0 aliphatic carbocycles. The summed E-state index contributed by atoms with van der Waals surface area (Å²) in [6, 6.07) is 11.0. The fraction of sp³-hybridized carbons (Fsp3) is 0.333. The lowest BCUT2D eigenvalue weighted by molar-refractivity contribution is -0.114. The van der Waals surface area contributed by atoms with Gasteiger partial charge in [0, 0.05) is 30.0 Å². The molecule has 5 nitrogen and oxygen atoms in total. The first-order valence-corrected chi connectivity index (χ1v) is 12.4. The molecule has 0 spiro atoms. The molecule has 3 rings (SSSR count). The van der Waals surface area contributed by atoms with Gasteiger partial charge in [-0.15, -0.1) is 23.5 Å². The van der Waals surface area contributed by atoms with Gasteiger partial charge in [-0.3, -0.25) is 4.79 Å². The zero-order chi connectivity index (χ0) is 22.4.